The van der Waals surface area contributed by atoms with Crippen molar-refractivity contribution >= 4 is 15.9 Å². The summed E-state index contributed by atoms with van der Waals surface area (Å²) in [4.78, 5) is 11.5. The molecule has 19 heavy (non-hydrogen) atoms. The average Bonchev–Trinajstić information content (AvgIpc) is 2.36. The fourth-order valence-corrected chi connectivity index (χ4v) is 3.24. The van der Waals surface area contributed by atoms with E-state index in [0.29, 0.717) is 18.4 Å². The molecular formula is C12H17N3O3S. The van der Waals surface area contributed by atoms with Crippen LogP contribution in [0.5, 0.6) is 0 Å². The minimum atomic E-state index is -3.53. The molecule has 2 rings (SSSR count). The third kappa shape index (κ3) is 3.12. The first kappa shape index (κ1) is 14.0. The summed E-state index contributed by atoms with van der Waals surface area (Å²) in [5, 5.41) is 2.48. The smallest absolute Gasteiger partial charge is 0.251 e. The largest absolute Gasteiger partial charge is 0.355 e. The zero-order chi connectivity index (χ0) is 14.0. The van der Waals surface area contributed by atoms with Crippen molar-refractivity contribution in [1.29, 1.82) is 0 Å². The van der Waals surface area contributed by atoms with Crippen molar-refractivity contribution in [2.45, 2.75) is 29.8 Å². The molecule has 1 fully saturated rings. The quantitative estimate of drug-likeness (QED) is 0.713. The fraction of sp³-hybridized carbons (Fsp3) is 0.417. The van der Waals surface area contributed by atoms with Gasteiger partial charge in [-0.05, 0) is 37.1 Å². The van der Waals surface area contributed by atoms with E-state index in [-0.39, 0.29) is 22.9 Å². The zero-order valence-corrected chi connectivity index (χ0v) is 11.4. The number of nitrogens with one attached hydrogen (secondary N) is 2. The van der Waals surface area contributed by atoms with E-state index in [0.717, 1.165) is 0 Å². The van der Waals surface area contributed by atoms with Gasteiger partial charge < -0.3 is 11.1 Å². The Morgan fingerprint density at radius 3 is 2.32 bits per heavy atom. The van der Waals surface area contributed by atoms with E-state index in [2.05, 4.69) is 10.0 Å². The molecule has 0 unspecified atom stereocenters. The number of sulfonamides is 1. The van der Waals surface area contributed by atoms with Crippen LogP contribution in [0.25, 0.3) is 0 Å². The zero-order valence-electron chi connectivity index (χ0n) is 10.6. The fourth-order valence-electron chi connectivity index (χ4n) is 1.98. The van der Waals surface area contributed by atoms with Gasteiger partial charge in [0.25, 0.3) is 5.91 Å². The number of rotatable bonds is 4. The van der Waals surface area contributed by atoms with Crippen LogP contribution in [0.1, 0.15) is 23.2 Å². The second-order valence-electron chi connectivity index (χ2n) is 4.65. The summed E-state index contributed by atoms with van der Waals surface area (Å²) in [7, 11) is -2.01. The molecule has 104 valence electrons. The lowest BCUT2D eigenvalue weighted by atomic mass is 9.89. The molecule has 1 amide bonds. The van der Waals surface area contributed by atoms with Crippen molar-refractivity contribution < 1.29 is 13.2 Å². The molecule has 7 heteroatoms. The van der Waals surface area contributed by atoms with Gasteiger partial charge in [-0.25, -0.2) is 13.1 Å². The average molecular weight is 283 g/mol. The summed E-state index contributed by atoms with van der Waals surface area (Å²) in [5.74, 6) is -0.248. The molecule has 1 saturated carbocycles. The van der Waals surface area contributed by atoms with Crippen LogP contribution in [-0.2, 0) is 10.0 Å². The van der Waals surface area contributed by atoms with Crippen molar-refractivity contribution in [3.05, 3.63) is 29.8 Å². The van der Waals surface area contributed by atoms with Crippen LogP contribution in [-0.4, -0.2) is 33.5 Å². The van der Waals surface area contributed by atoms with E-state index in [1.54, 1.807) is 0 Å². The Morgan fingerprint density at radius 2 is 1.84 bits per heavy atom. The lowest BCUT2D eigenvalue weighted by Crippen LogP contribution is -2.50. The predicted octanol–water partition coefficient (Wildman–Crippen LogP) is -0.186. The maximum absolute atomic E-state index is 12.0. The first-order chi connectivity index (χ1) is 8.92. The van der Waals surface area contributed by atoms with Crippen LogP contribution in [0.15, 0.2) is 29.2 Å². The summed E-state index contributed by atoms with van der Waals surface area (Å²) in [6, 6.07) is 5.82. The molecule has 0 saturated heterocycles. The van der Waals surface area contributed by atoms with Crippen molar-refractivity contribution in [3.63, 3.8) is 0 Å². The van der Waals surface area contributed by atoms with Gasteiger partial charge in [0.2, 0.25) is 10.0 Å². The Labute approximate surface area is 112 Å². The van der Waals surface area contributed by atoms with Gasteiger partial charge in [0.05, 0.1) is 4.90 Å². The predicted molar refractivity (Wildman–Crippen MR) is 71.2 cm³/mol. The SMILES string of the molecule is CNC(=O)c1ccc(S(=O)(=O)NC2CC(N)C2)cc1. The lowest BCUT2D eigenvalue weighted by Gasteiger charge is -2.32. The highest BCUT2D eigenvalue weighted by Crippen LogP contribution is 2.20. The van der Waals surface area contributed by atoms with Gasteiger partial charge in [-0.1, -0.05) is 0 Å². The minimum absolute atomic E-state index is 0.0846. The number of amides is 1. The molecule has 0 heterocycles. The van der Waals surface area contributed by atoms with Gasteiger partial charge in [-0.2, -0.15) is 0 Å². The highest BCUT2D eigenvalue weighted by molar-refractivity contribution is 7.89. The molecule has 1 aromatic carbocycles. The molecule has 0 radical (unpaired) electrons. The van der Waals surface area contributed by atoms with Crippen molar-refractivity contribution in [2.24, 2.45) is 5.73 Å². The van der Waals surface area contributed by atoms with Gasteiger partial charge in [0.1, 0.15) is 0 Å². The molecule has 0 atom stereocenters. The summed E-state index contributed by atoms with van der Waals surface area (Å²) >= 11 is 0. The maximum atomic E-state index is 12.0. The van der Waals surface area contributed by atoms with Gasteiger partial charge >= 0.3 is 0 Å². The van der Waals surface area contributed by atoms with Crippen molar-refractivity contribution in [1.82, 2.24) is 10.0 Å². The Morgan fingerprint density at radius 1 is 1.26 bits per heavy atom. The van der Waals surface area contributed by atoms with E-state index in [1.165, 1.54) is 31.3 Å². The van der Waals surface area contributed by atoms with Crippen molar-refractivity contribution in [3.8, 4) is 0 Å². The third-order valence-corrected chi connectivity index (χ3v) is 4.69. The Kier molecular flexibility index (Phi) is 3.88. The molecule has 0 bridgehead atoms. The number of hydrogen-bond acceptors (Lipinski definition) is 4. The van der Waals surface area contributed by atoms with Gasteiger partial charge in [0.15, 0.2) is 0 Å². The number of carbonyl (C=O) groups is 1. The summed E-state index contributed by atoms with van der Waals surface area (Å²) in [6.45, 7) is 0. The van der Waals surface area contributed by atoms with Crippen molar-refractivity contribution in [2.75, 3.05) is 7.05 Å². The van der Waals surface area contributed by atoms with Gasteiger partial charge in [-0.3, -0.25) is 4.79 Å². The van der Waals surface area contributed by atoms with Crippen LogP contribution in [0, 0.1) is 0 Å². The maximum Gasteiger partial charge on any atom is 0.251 e. The van der Waals surface area contributed by atoms with E-state index >= 15 is 0 Å². The molecule has 0 aromatic heterocycles. The van der Waals surface area contributed by atoms with E-state index in [4.69, 9.17) is 5.73 Å². The molecule has 1 aliphatic rings. The van der Waals surface area contributed by atoms with E-state index in [1.807, 2.05) is 0 Å². The van der Waals surface area contributed by atoms with Crippen LogP contribution in [0.3, 0.4) is 0 Å². The van der Waals surface area contributed by atoms with Gasteiger partial charge in [0, 0.05) is 24.7 Å². The lowest BCUT2D eigenvalue weighted by molar-refractivity contribution is 0.0963. The number of benzene rings is 1. The van der Waals surface area contributed by atoms with Crippen LogP contribution in [0.2, 0.25) is 0 Å². The van der Waals surface area contributed by atoms with E-state index in [9.17, 15) is 13.2 Å². The van der Waals surface area contributed by atoms with Crippen LogP contribution < -0.4 is 15.8 Å². The molecular weight excluding hydrogens is 266 g/mol. The first-order valence-corrected chi connectivity index (χ1v) is 7.51. The summed E-state index contributed by atoms with van der Waals surface area (Å²) in [6.07, 6.45) is 1.32. The van der Waals surface area contributed by atoms with E-state index < -0.39 is 10.0 Å². The monoisotopic (exact) mass is 283 g/mol. The molecule has 1 aromatic rings. The first-order valence-electron chi connectivity index (χ1n) is 6.02. The van der Waals surface area contributed by atoms with Crippen LogP contribution in [0.4, 0.5) is 0 Å². The Hall–Kier alpha value is -1.44. The molecule has 4 N–H and O–H groups in total. The van der Waals surface area contributed by atoms with Gasteiger partial charge in [-0.15, -0.1) is 0 Å². The molecule has 1 aliphatic carbocycles. The second-order valence-corrected chi connectivity index (χ2v) is 6.37. The normalized spacial score (nSPS) is 22.6. The molecule has 6 nitrogen and oxygen atoms in total. The number of hydrogen-bond donors (Lipinski definition) is 3. The molecule has 0 aliphatic heterocycles. The summed E-state index contributed by atoms with van der Waals surface area (Å²) in [5.41, 5.74) is 6.04. The number of carbonyl (C=O) groups excluding carboxylic acids is 1. The highest BCUT2D eigenvalue weighted by Gasteiger charge is 2.30. The minimum Gasteiger partial charge on any atom is -0.355 e. The Bertz CT molecular complexity index is 562. The Balaban J connectivity index is 2.10. The topological polar surface area (TPSA) is 101 Å². The third-order valence-electron chi connectivity index (χ3n) is 3.15. The summed E-state index contributed by atoms with van der Waals surface area (Å²) < 4.78 is 26.7. The number of nitrogens with two attached hydrogens (primary N) is 1. The van der Waals surface area contributed by atoms with Crippen LogP contribution >= 0.6 is 0 Å². The second kappa shape index (κ2) is 5.28. The molecule has 0 spiro atoms. The standard InChI is InChI=1S/C12H17N3O3S/c1-14-12(16)8-2-4-11(5-3-8)19(17,18)15-10-6-9(13)7-10/h2-5,9-10,15H,6-7,13H2,1H3,(H,14,16). The highest BCUT2D eigenvalue weighted by atomic mass is 32.2.